The standard InChI is InChI=1S/C15H29N3O3S.ClH/c1-22(20,21)17-11-9-14-6-2-3-12-18(14)15(19)8-7-13-5-4-10-16-13;/h13-14,16-17H,2-12H2,1H3;1H. The number of sulfonamides is 1. The molecule has 2 atom stereocenters. The lowest BCUT2D eigenvalue weighted by Gasteiger charge is -2.36. The van der Waals surface area contributed by atoms with E-state index >= 15 is 0 Å². The van der Waals surface area contributed by atoms with Crippen LogP contribution in [-0.2, 0) is 14.8 Å². The van der Waals surface area contributed by atoms with Crippen LogP contribution in [0, 0.1) is 0 Å². The van der Waals surface area contributed by atoms with E-state index in [1.54, 1.807) is 0 Å². The van der Waals surface area contributed by atoms with Crippen molar-refractivity contribution in [3.63, 3.8) is 0 Å². The molecule has 0 aliphatic carbocycles. The molecule has 0 aromatic heterocycles. The van der Waals surface area contributed by atoms with Gasteiger partial charge >= 0.3 is 0 Å². The highest BCUT2D eigenvalue weighted by Crippen LogP contribution is 2.21. The number of hydrogen-bond acceptors (Lipinski definition) is 4. The van der Waals surface area contributed by atoms with Crippen LogP contribution < -0.4 is 10.0 Å². The number of likely N-dealkylation sites (tertiary alicyclic amines) is 1. The zero-order chi connectivity index (χ0) is 16.0. The van der Waals surface area contributed by atoms with Crippen LogP contribution in [0.3, 0.4) is 0 Å². The highest BCUT2D eigenvalue weighted by molar-refractivity contribution is 7.88. The smallest absolute Gasteiger partial charge is 0.222 e. The molecule has 0 aromatic rings. The van der Waals surface area contributed by atoms with Gasteiger partial charge < -0.3 is 10.2 Å². The number of amides is 1. The van der Waals surface area contributed by atoms with Crippen LogP contribution in [0.2, 0.25) is 0 Å². The van der Waals surface area contributed by atoms with Gasteiger partial charge in [0.2, 0.25) is 15.9 Å². The first-order valence-corrected chi connectivity index (χ1v) is 10.3. The Morgan fingerprint density at radius 3 is 2.65 bits per heavy atom. The number of carbonyl (C=O) groups is 1. The molecule has 2 saturated heterocycles. The van der Waals surface area contributed by atoms with Gasteiger partial charge in [-0.15, -0.1) is 12.4 Å². The van der Waals surface area contributed by atoms with E-state index in [2.05, 4.69) is 10.0 Å². The van der Waals surface area contributed by atoms with E-state index in [4.69, 9.17) is 0 Å². The van der Waals surface area contributed by atoms with Gasteiger partial charge in [0.15, 0.2) is 0 Å². The first-order valence-electron chi connectivity index (χ1n) is 8.43. The highest BCUT2D eigenvalue weighted by atomic mass is 35.5. The van der Waals surface area contributed by atoms with Crippen LogP contribution in [-0.4, -0.2) is 57.2 Å². The summed E-state index contributed by atoms with van der Waals surface area (Å²) in [5.41, 5.74) is 0. The van der Waals surface area contributed by atoms with Crippen molar-refractivity contribution in [2.45, 2.75) is 63.5 Å². The normalized spacial score (nSPS) is 25.2. The SMILES string of the molecule is CS(=O)(=O)NCCC1CCCCN1C(=O)CCC1CCCN1.Cl. The van der Waals surface area contributed by atoms with Gasteiger partial charge in [0.25, 0.3) is 0 Å². The number of carbonyl (C=O) groups excluding carboxylic acids is 1. The average molecular weight is 368 g/mol. The molecule has 8 heteroatoms. The summed E-state index contributed by atoms with van der Waals surface area (Å²) in [5.74, 6) is 0.234. The van der Waals surface area contributed by atoms with Crippen LogP contribution in [0.4, 0.5) is 0 Å². The lowest BCUT2D eigenvalue weighted by atomic mass is 9.98. The number of piperidine rings is 1. The number of nitrogens with zero attached hydrogens (tertiary/aromatic N) is 1. The molecule has 0 bridgehead atoms. The Hall–Kier alpha value is -0.370. The Labute approximate surface area is 146 Å². The van der Waals surface area contributed by atoms with E-state index in [-0.39, 0.29) is 24.4 Å². The molecule has 136 valence electrons. The van der Waals surface area contributed by atoms with Gasteiger partial charge in [0, 0.05) is 31.6 Å². The van der Waals surface area contributed by atoms with E-state index < -0.39 is 10.0 Å². The van der Waals surface area contributed by atoms with Crippen LogP contribution in [0.5, 0.6) is 0 Å². The average Bonchev–Trinajstić information content (AvgIpc) is 2.97. The van der Waals surface area contributed by atoms with Gasteiger partial charge in [-0.2, -0.15) is 0 Å². The van der Waals surface area contributed by atoms with Crippen molar-refractivity contribution in [1.29, 1.82) is 0 Å². The fourth-order valence-electron chi connectivity index (χ4n) is 3.48. The van der Waals surface area contributed by atoms with Crippen LogP contribution in [0.1, 0.15) is 51.4 Å². The van der Waals surface area contributed by atoms with E-state index in [1.807, 2.05) is 4.90 Å². The molecule has 6 nitrogen and oxygen atoms in total. The molecule has 1 amide bonds. The van der Waals surface area contributed by atoms with E-state index in [0.29, 0.717) is 25.4 Å². The number of halogens is 1. The molecule has 0 spiro atoms. The van der Waals surface area contributed by atoms with Crippen LogP contribution in [0.15, 0.2) is 0 Å². The second-order valence-electron chi connectivity index (χ2n) is 6.52. The molecule has 2 fully saturated rings. The molecular weight excluding hydrogens is 338 g/mol. The third-order valence-corrected chi connectivity index (χ3v) is 5.39. The Morgan fingerprint density at radius 1 is 1.22 bits per heavy atom. The third-order valence-electron chi connectivity index (χ3n) is 4.66. The lowest BCUT2D eigenvalue weighted by molar-refractivity contribution is -0.135. The van der Waals surface area contributed by atoms with E-state index in [1.165, 1.54) is 19.1 Å². The first-order chi connectivity index (χ1) is 10.5. The van der Waals surface area contributed by atoms with Crippen molar-refractivity contribution in [3.05, 3.63) is 0 Å². The maximum Gasteiger partial charge on any atom is 0.222 e. The highest BCUT2D eigenvalue weighted by Gasteiger charge is 2.27. The molecule has 0 saturated carbocycles. The number of hydrogen-bond donors (Lipinski definition) is 2. The molecule has 2 aliphatic rings. The fraction of sp³-hybridized carbons (Fsp3) is 0.933. The quantitative estimate of drug-likeness (QED) is 0.710. The zero-order valence-corrected chi connectivity index (χ0v) is 15.6. The summed E-state index contributed by atoms with van der Waals surface area (Å²) in [5, 5.41) is 3.43. The Kier molecular flexibility index (Phi) is 8.82. The topological polar surface area (TPSA) is 78.5 Å². The Balaban J connectivity index is 0.00000264. The monoisotopic (exact) mass is 367 g/mol. The van der Waals surface area contributed by atoms with Crippen LogP contribution >= 0.6 is 12.4 Å². The Morgan fingerprint density at radius 2 is 2.00 bits per heavy atom. The third kappa shape index (κ3) is 7.37. The number of rotatable bonds is 7. The van der Waals surface area contributed by atoms with Crippen molar-refractivity contribution >= 4 is 28.3 Å². The van der Waals surface area contributed by atoms with Crippen molar-refractivity contribution in [2.75, 3.05) is 25.9 Å². The molecule has 0 aromatic carbocycles. The van der Waals surface area contributed by atoms with Gasteiger partial charge in [-0.25, -0.2) is 13.1 Å². The van der Waals surface area contributed by atoms with Gasteiger partial charge in [-0.3, -0.25) is 4.79 Å². The summed E-state index contributed by atoms with van der Waals surface area (Å²) in [6, 6.07) is 0.686. The van der Waals surface area contributed by atoms with Gasteiger partial charge in [0.05, 0.1) is 6.26 Å². The summed E-state index contributed by atoms with van der Waals surface area (Å²) >= 11 is 0. The minimum atomic E-state index is -3.15. The van der Waals surface area contributed by atoms with Crippen molar-refractivity contribution in [3.8, 4) is 0 Å². The summed E-state index contributed by atoms with van der Waals surface area (Å²) in [6.07, 6.45) is 8.96. The van der Waals surface area contributed by atoms with Crippen LogP contribution in [0.25, 0.3) is 0 Å². The number of nitrogens with one attached hydrogen (secondary N) is 2. The van der Waals surface area contributed by atoms with E-state index in [0.717, 1.165) is 38.8 Å². The summed E-state index contributed by atoms with van der Waals surface area (Å²) in [4.78, 5) is 14.5. The van der Waals surface area contributed by atoms with E-state index in [9.17, 15) is 13.2 Å². The van der Waals surface area contributed by atoms with Gasteiger partial charge in [-0.1, -0.05) is 0 Å². The summed E-state index contributed by atoms with van der Waals surface area (Å²) in [7, 11) is -3.15. The second-order valence-corrected chi connectivity index (χ2v) is 8.36. The van der Waals surface area contributed by atoms with Crippen molar-refractivity contribution in [2.24, 2.45) is 0 Å². The molecule has 23 heavy (non-hydrogen) atoms. The fourth-order valence-corrected chi connectivity index (χ4v) is 3.97. The predicted octanol–water partition coefficient (Wildman–Crippen LogP) is 1.26. The molecule has 2 rings (SSSR count). The lowest BCUT2D eigenvalue weighted by Crippen LogP contribution is -2.45. The molecule has 2 unspecified atom stereocenters. The molecule has 2 N–H and O–H groups in total. The van der Waals surface area contributed by atoms with Gasteiger partial charge in [0.1, 0.15) is 0 Å². The second kappa shape index (κ2) is 9.81. The molecule has 2 heterocycles. The minimum Gasteiger partial charge on any atom is -0.340 e. The summed E-state index contributed by atoms with van der Waals surface area (Å²) in [6.45, 7) is 2.31. The zero-order valence-electron chi connectivity index (χ0n) is 13.9. The molecule has 0 radical (unpaired) electrons. The van der Waals surface area contributed by atoms with Crippen molar-refractivity contribution in [1.82, 2.24) is 14.9 Å². The van der Waals surface area contributed by atoms with Gasteiger partial charge in [-0.05, 0) is 51.5 Å². The predicted molar refractivity (Wildman–Crippen MR) is 94.3 cm³/mol. The summed E-state index contributed by atoms with van der Waals surface area (Å²) < 4.78 is 24.8. The minimum absolute atomic E-state index is 0. The van der Waals surface area contributed by atoms with Crippen molar-refractivity contribution < 1.29 is 13.2 Å². The first kappa shape index (κ1) is 20.7. The maximum atomic E-state index is 12.5. The molecular formula is C15H30ClN3O3S. The Bertz CT molecular complexity index is 467. The maximum absolute atomic E-state index is 12.5. The largest absolute Gasteiger partial charge is 0.340 e. The molecule has 2 aliphatic heterocycles.